The maximum absolute atomic E-state index is 5.69. The van der Waals surface area contributed by atoms with Crippen molar-refractivity contribution in [2.45, 2.75) is 20.3 Å². The molecule has 0 amide bonds. The lowest BCUT2D eigenvalue weighted by Gasteiger charge is -2.10. The molecular formula is C21H24N4O3S. The third kappa shape index (κ3) is 5.03. The van der Waals surface area contributed by atoms with Gasteiger partial charge in [0.2, 0.25) is 4.77 Å². The quantitative estimate of drug-likeness (QED) is 0.408. The van der Waals surface area contributed by atoms with Gasteiger partial charge >= 0.3 is 0 Å². The van der Waals surface area contributed by atoms with Crippen molar-refractivity contribution < 1.29 is 14.2 Å². The number of rotatable bonds is 9. The fraction of sp³-hybridized carbons (Fsp3) is 0.286. The second-order valence-electron chi connectivity index (χ2n) is 6.12. The molecule has 0 atom stereocenters. The van der Waals surface area contributed by atoms with Gasteiger partial charge in [-0.15, -0.1) is 0 Å². The first-order valence-corrected chi connectivity index (χ1v) is 9.83. The Balaban J connectivity index is 1.86. The molecule has 7 nitrogen and oxygen atoms in total. The molecule has 0 saturated carbocycles. The lowest BCUT2D eigenvalue weighted by Crippen LogP contribution is -1.99. The zero-order valence-electron chi connectivity index (χ0n) is 16.7. The highest BCUT2D eigenvalue weighted by Gasteiger charge is 2.09. The number of ether oxygens (including phenoxy) is 3. The summed E-state index contributed by atoms with van der Waals surface area (Å²) in [5, 5.41) is 11.6. The maximum Gasteiger partial charge on any atom is 0.216 e. The third-order valence-electron chi connectivity index (χ3n) is 4.05. The normalized spacial score (nSPS) is 11.0. The van der Waals surface area contributed by atoms with Crippen molar-refractivity contribution in [2.75, 3.05) is 20.3 Å². The molecule has 1 heterocycles. The molecule has 0 saturated heterocycles. The van der Waals surface area contributed by atoms with Crippen LogP contribution < -0.4 is 14.2 Å². The van der Waals surface area contributed by atoms with Crippen LogP contribution in [0.1, 0.15) is 25.8 Å². The Morgan fingerprint density at radius 2 is 1.90 bits per heavy atom. The zero-order valence-corrected chi connectivity index (χ0v) is 17.5. The van der Waals surface area contributed by atoms with E-state index < -0.39 is 0 Å². The molecule has 0 unspecified atom stereocenters. The van der Waals surface area contributed by atoms with E-state index in [1.54, 1.807) is 18.0 Å². The second-order valence-corrected chi connectivity index (χ2v) is 6.51. The van der Waals surface area contributed by atoms with Crippen molar-refractivity contribution in [3.8, 4) is 28.6 Å². The summed E-state index contributed by atoms with van der Waals surface area (Å²) in [6, 6.07) is 13.3. The molecular weight excluding hydrogens is 388 g/mol. The largest absolute Gasteiger partial charge is 0.494 e. The van der Waals surface area contributed by atoms with Gasteiger partial charge in [-0.1, -0.05) is 6.92 Å². The van der Waals surface area contributed by atoms with Crippen LogP contribution in [0.2, 0.25) is 0 Å². The Labute approximate surface area is 174 Å². The Bertz CT molecular complexity index is 1030. The minimum absolute atomic E-state index is 0.403. The number of hydrogen-bond donors (Lipinski definition) is 1. The first kappa shape index (κ1) is 20.6. The van der Waals surface area contributed by atoms with E-state index in [1.165, 1.54) is 0 Å². The van der Waals surface area contributed by atoms with Gasteiger partial charge in [-0.05, 0) is 73.6 Å². The molecule has 0 aliphatic heterocycles. The summed E-state index contributed by atoms with van der Waals surface area (Å²) in [4.78, 5) is 0. The fourth-order valence-corrected chi connectivity index (χ4v) is 2.85. The van der Waals surface area contributed by atoms with Crippen molar-refractivity contribution in [2.24, 2.45) is 5.10 Å². The molecule has 0 bridgehead atoms. The van der Waals surface area contributed by atoms with Crippen LogP contribution in [0, 0.1) is 4.77 Å². The summed E-state index contributed by atoms with van der Waals surface area (Å²) in [5.41, 5.74) is 1.73. The first-order valence-electron chi connectivity index (χ1n) is 9.42. The number of nitrogens with one attached hydrogen (secondary N) is 1. The predicted molar refractivity (Wildman–Crippen MR) is 116 cm³/mol. The van der Waals surface area contributed by atoms with Crippen molar-refractivity contribution >= 4 is 18.4 Å². The molecule has 152 valence electrons. The van der Waals surface area contributed by atoms with E-state index in [2.05, 4.69) is 22.2 Å². The van der Waals surface area contributed by atoms with E-state index in [4.69, 9.17) is 26.4 Å². The van der Waals surface area contributed by atoms with Gasteiger partial charge in [0.1, 0.15) is 5.75 Å². The molecule has 0 aliphatic carbocycles. The molecule has 0 fully saturated rings. The maximum atomic E-state index is 5.69. The Morgan fingerprint density at radius 1 is 1.10 bits per heavy atom. The lowest BCUT2D eigenvalue weighted by molar-refractivity contribution is 0.294. The third-order valence-corrected chi connectivity index (χ3v) is 4.31. The Kier molecular flexibility index (Phi) is 7.02. The SMILES string of the molecule is CCCOc1ccc(/C=N\n2c(-c3ccc(OCC)cc3)n[nH]c2=S)cc1OC. The van der Waals surface area contributed by atoms with Crippen LogP contribution in [0.15, 0.2) is 47.6 Å². The number of methoxy groups -OCH3 is 1. The second kappa shape index (κ2) is 9.88. The van der Waals surface area contributed by atoms with Crippen LogP contribution in [0.3, 0.4) is 0 Å². The van der Waals surface area contributed by atoms with Crippen LogP contribution in [0.4, 0.5) is 0 Å². The summed E-state index contributed by atoms with van der Waals surface area (Å²) in [7, 11) is 1.62. The topological polar surface area (TPSA) is 73.7 Å². The van der Waals surface area contributed by atoms with Crippen molar-refractivity contribution in [1.82, 2.24) is 14.9 Å². The average Bonchev–Trinajstić information content (AvgIpc) is 3.12. The lowest BCUT2D eigenvalue weighted by atomic mass is 10.2. The molecule has 1 aromatic heterocycles. The van der Waals surface area contributed by atoms with Gasteiger partial charge < -0.3 is 14.2 Å². The monoisotopic (exact) mass is 412 g/mol. The van der Waals surface area contributed by atoms with Crippen molar-refractivity contribution in [1.29, 1.82) is 0 Å². The molecule has 29 heavy (non-hydrogen) atoms. The van der Waals surface area contributed by atoms with Crippen molar-refractivity contribution in [3.05, 3.63) is 52.8 Å². The Morgan fingerprint density at radius 3 is 2.59 bits per heavy atom. The van der Waals surface area contributed by atoms with Crippen LogP contribution >= 0.6 is 12.2 Å². The minimum atomic E-state index is 0.403. The highest BCUT2D eigenvalue weighted by atomic mass is 32.1. The van der Waals surface area contributed by atoms with E-state index in [9.17, 15) is 0 Å². The van der Waals surface area contributed by atoms with E-state index >= 15 is 0 Å². The Hall–Kier alpha value is -3.13. The first-order chi connectivity index (χ1) is 14.2. The van der Waals surface area contributed by atoms with E-state index in [0.717, 1.165) is 23.3 Å². The average molecular weight is 413 g/mol. The molecule has 8 heteroatoms. The number of benzene rings is 2. The molecule has 0 spiro atoms. The number of H-pyrrole nitrogens is 1. The summed E-state index contributed by atoms with van der Waals surface area (Å²) in [6.07, 6.45) is 2.63. The highest BCUT2D eigenvalue weighted by molar-refractivity contribution is 7.71. The summed E-state index contributed by atoms with van der Waals surface area (Å²) in [6.45, 7) is 5.27. The molecule has 1 N–H and O–H groups in total. The molecule has 0 radical (unpaired) electrons. The van der Waals surface area contributed by atoms with Gasteiger partial charge in [0.05, 0.1) is 26.5 Å². The van der Waals surface area contributed by atoms with Crippen molar-refractivity contribution in [3.63, 3.8) is 0 Å². The minimum Gasteiger partial charge on any atom is -0.494 e. The highest BCUT2D eigenvalue weighted by Crippen LogP contribution is 2.28. The smallest absolute Gasteiger partial charge is 0.216 e. The van der Waals surface area contributed by atoms with Crippen LogP contribution in [0.5, 0.6) is 17.2 Å². The van der Waals surface area contributed by atoms with Gasteiger partial charge in [0.25, 0.3) is 0 Å². The summed E-state index contributed by atoms with van der Waals surface area (Å²) >= 11 is 5.33. The fourth-order valence-electron chi connectivity index (χ4n) is 2.67. The van der Waals surface area contributed by atoms with Crippen LogP contribution in [-0.4, -0.2) is 41.4 Å². The summed E-state index contributed by atoms with van der Waals surface area (Å²) in [5.74, 6) is 2.79. The van der Waals surface area contributed by atoms with Crippen LogP contribution in [0.25, 0.3) is 11.4 Å². The molecule has 2 aromatic carbocycles. The number of nitrogens with zero attached hydrogens (tertiary/aromatic N) is 3. The standard InChI is InChI=1S/C21H24N4O3S/c1-4-12-28-18-11-6-15(13-19(18)26-3)14-22-25-20(23-24-21(25)29)16-7-9-17(10-8-16)27-5-2/h6-11,13-14H,4-5,12H2,1-3H3,(H,24,29)/b22-14-. The van der Waals surface area contributed by atoms with Gasteiger partial charge in [-0.2, -0.15) is 14.9 Å². The number of aromatic amines is 1. The van der Waals surface area contributed by atoms with Gasteiger partial charge in [-0.25, -0.2) is 5.10 Å². The number of aromatic nitrogens is 3. The van der Waals surface area contributed by atoms with E-state index in [-0.39, 0.29) is 0 Å². The molecule has 3 aromatic rings. The number of hydrogen-bond acceptors (Lipinski definition) is 6. The van der Waals surface area contributed by atoms with E-state index in [1.807, 2.05) is 49.4 Å². The van der Waals surface area contributed by atoms with Gasteiger partial charge in [0, 0.05) is 5.56 Å². The predicted octanol–water partition coefficient (Wildman–Crippen LogP) is 4.69. The van der Waals surface area contributed by atoms with Crippen LogP contribution in [-0.2, 0) is 0 Å². The van der Waals surface area contributed by atoms with Gasteiger partial charge in [0.15, 0.2) is 17.3 Å². The molecule has 3 rings (SSSR count). The summed E-state index contributed by atoms with van der Waals surface area (Å²) < 4.78 is 18.6. The van der Waals surface area contributed by atoms with Gasteiger partial charge in [-0.3, -0.25) is 0 Å². The zero-order chi connectivity index (χ0) is 20.6. The molecule has 0 aliphatic rings. The van der Waals surface area contributed by atoms with E-state index in [0.29, 0.717) is 35.3 Å².